The van der Waals surface area contributed by atoms with Crippen molar-refractivity contribution >= 4 is 39.4 Å². The normalized spacial score (nSPS) is 11.7. The third-order valence-electron chi connectivity index (χ3n) is 2.62. The van der Waals surface area contributed by atoms with Crippen LogP contribution in [-0.2, 0) is 0 Å². The van der Waals surface area contributed by atoms with Crippen LogP contribution in [0.3, 0.4) is 0 Å². The zero-order valence-corrected chi connectivity index (χ0v) is 12.3. The van der Waals surface area contributed by atoms with E-state index in [0.29, 0.717) is 10.7 Å². The van der Waals surface area contributed by atoms with E-state index in [9.17, 15) is 5.26 Å². The van der Waals surface area contributed by atoms with Crippen molar-refractivity contribution in [2.45, 2.75) is 11.3 Å². The molecule has 0 atom stereocenters. The van der Waals surface area contributed by atoms with Crippen molar-refractivity contribution in [2.75, 3.05) is 0 Å². The van der Waals surface area contributed by atoms with E-state index in [0.717, 1.165) is 20.3 Å². The summed E-state index contributed by atoms with van der Waals surface area (Å²) in [6.07, 6.45) is 1.74. The summed E-state index contributed by atoms with van der Waals surface area (Å²) in [5.74, 6) is 1.52. The molecule has 98 valence electrons. The first-order valence-corrected chi connectivity index (χ1v) is 7.59. The molecule has 0 saturated heterocycles. The molecular weight excluding hydrogens is 288 g/mol. The number of hydrogen-bond acceptors (Lipinski definition) is 5. The van der Waals surface area contributed by atoms with Crippen LogP contribution in [0.5, 0.6) is 0 Å². The van der Waals surface area contributed by atoms with E-state index in [1.54, 1.807) is 17.4 Å². The monoisotopic (exact) mass is 298 g/mol. The van der Waals surface area contributed by atoms with E-state index in [-0.39, 0.29) is 0 Å². The fourth-order valence-corrected chi connectivity index (χ4v) is 3.69. The number of thiazole rings is 1. The predicted molar refractivity (Wildman–Crippen MR) is 82.5 cm³/mol. The Morgan fingerprint density at radius 2 is 2.20 bits per heavy atom. The Labute approximate surface area is 124 Å². The highest BCUT2D eigenvalue weighted by atomic mass is 32.2. The van der Waals surface area contributed by atoms with E-state index < -0.39 is 0 Å². The van der Waals surface area contributed by atoms with E-state index in [4.69, 9.17) is 4.42 Å². The van der Waals surface area contributed by atoms with E-state index in [2.05, 4.69) is 11.1 Å². The molecule has 0 unspecified atom stereocenters. The average Bonchev–Trinajstić information content (AvgIpc) is 3.03. The highest BCUT2D eigenvalue weighted by Crippen LogP contribution is 2.34. The van der Waals surface area contributed by atoms with Crippen molar-refractivity contribution in [2.24, 2.45) is 0 Å². The summed E-state index contributed by atoms with van der Waals surface area (Å²) in [5.41, 5.74) is 0.964. The summed E-state index contributed by atoms with van der Waals surface area (Å²) in [5, 5.41) is 9.23. The number of rotatable bonds is 3. The first-order valence-electron chi connectivity index (χ1n) is 5.96. The second kappa shape index (κ2) is 5.53. The Morgan fingerprint density at radius 3 is 2.90 bits per heavy atom. The Morgan fingerprint density at radius 1 is 1.35 bits per heavy atom. The molecule has 0 bridgehead atoms. The van der Waals surface area contributed by atoms with Crippen LogP contribution in [0.1, 0.15) is 11.5 Å². The van der Waals surface area contributed by atoms with Gasteiger partial charge in [-0.2, -0.15) is 5.26 Å². The maximum Gasteiger partial charge on any atom is 0.156 e. The lowest BCUT2D eigenvalue weighted by molar-refractivity contribution is 0.525. The largest absolute Gasteiger partial charge is 0.462 e. The highest BCUT2D eigenvalue weighted by Gasteiger charge is 2.08. The zero-order valence-electron chi connectivity index (χ0n) is 10.7. The van der Waals surface area contributed by atoms with Crippen LogP contribution in [0.15, 0.2) is 50.1 Å². The third-order valence-corrected chi connectivity index (χ3v) is 4.64. The van der Waals surface area contributed by atoms with Gasteiger partial charge in [0.25, 0.3) is 0 Å². The van der Waals surface area contributed by atoms with E-state index in [1.807, 2.05) is 43.3 Å². The van der Waals surface area contributed by atoms with Crippen LogP contribution < -0.4 is 0 Å². The van der Waals surface area contributed by atoms with Gasteiger partial charge in [0.05, 0.1) is 15.1 Å². The number of hydrogen-bond donors (Lipinski definition) is 0. The Kier molecular flexibility index (Phi) is 3.59. The van der Waals surface area contributed by atoms with E-state index in [1.165, 1.54) is 11.8 Å². The summed E-state index contributed by atoms with van der Waals surface area (Å²) in [4.78, 5) is 5.07. The van der Waals surface area contributed by atoms with Gasteiger partial charge in [0.2, 0.25) is 0 Å². The standard InChI is InChI=1S/C15H10N2OS2/c1-10-6-7-11(18-10)8-12(9-16)19-15-17-13-4-2-3-5-14(13)20-15/h2-8H,1H3. The molecule has 0 aliphatic heterocycles. The minimum atomic E-state index is 0.568. The van der Waals surface area contributed by atoms with Crippen molar-refractivity contribution < 1.29 is 4.42 Å². The van der Waals surface area contributed by atoms with Gasteiger partial charge in [0, 0.05) is 6.08 Å². The summed E-state index contributed by atoms with van der Waals surface area (Å²) in [7, 11) is 0. The molecule has 1 aromatic carbocycles. The molecule has 0 aliphatic carbocycles. The molecule has 2 aromatic heterocycles. The Balaban J connectivity index is 1.88. The number of allylic oxidation sites excluding steroid dienone is 1. The van der Waals surface area contributed by atoms with Crippen molar-refractivity contribution in [3.8, 4) is 6.07 Å². The summed E-state index contributed by atoms with van der Waals surface area (Å²) < 4.78 is 7.44. The van der Waals surface area contributed by atoms with Gasteiger partial charge < -0.3 is 4.42 Å². The Bertz CT molecular complexity index is 791. The first kappa shape index (κ1) is 13.0. The molecule has 3 nitrogen and oxygen atoms in total. The number of benzene rings is 1. The lowest BCUT2D eigenvalue weighted by Crippen LogP contribution is -1.73. The molecule has 0 radical (unpaired) electrons. The first-order chi connectivity index (χ1) is 9.74. The Hall–Kier alpha value is -2.03. The summed E-state index contributed by atoms with van der Waals surface area (Å²) >= 11 is 2.95. The lowest BCUT2D eigenvalue weighted by Gasteiger charge is -1.93. The summed E-state index contributed by atoms with van der Waals surface area (Å²) in [6, 6.07) is 13.9. The zero-order chi connectivity index (χ0) is 13.9. The van der Waals surface area contributed by atoms with Gasteiger partial charge in [-0.25, -0.2) is 4.98 Å². The van der Waals surface area contributed by atoms with E-state index >= 15 is 0 Å². The molecule has 0 amide bonds. The second-order valence-electron chi connectivity index (χ2n) is 4.12. The molecule has 2 heterocycles. The molecule has 0 N–H and O–H groups in total. The smallest absolute Gasteiger partial charge is 0.156 e. The molecule has 20 heavy (non-hydrogen) atoms. The quantitative estimate of drug-likeness (QED) is 0.512. The van der Waals surface area contributed by atoms with Crippen molar-refractivity contribution in [3.63, 3.8) is 0 Å². The highest BCUT2D eigenvalue weighted by molar-refractivity contribution is 8.05. The molecule has 0 fully saturated rings. The molecule has 0 saturated carbocycles. The second-order valence-corrected chi connectivity index (χ2v) is 6.44. The summed E-state index contributed by atoms with van der Waals surface area (Å²) in [6.45, 7) is 1.88. The van der Waals surface area contributed by atoms with Gasteiger partial charge in [0.15, 0.2) is 4.34 Å². The fraction of sp³-hybridized carbons (Fsp3) is 0.0667. The van der Waals surface area contributed by atoms with Gasteiger partial charge in [-0.05, 0) is 43.0 Å². The van der Waals surface area contributed by atoms with Crippen molar-refractivity contribution in [3.05, 3.63) is 52.8 Å². The van der Waals surface area contributed by atoms with Gasteiger partial charge in [-0.1, -0.05) is 12.1 Å². The number of aromatic nitrogens is 1. The maximum absolute atomic E-state index is 9.23. The number of nitriles is 1. The van der Waals surface area contributed by atoms with Crippen molar-refractivity contribution in [1.82, 2.24) is 4.98 Å². The number of para-hydroxylation sites is 1. The van der Waals surface area contributed by atoms with Crippen LogP contribution in [0.2, 0.25) is 0 Å². The lowest BCUT2D eigenvalue weighted by atomic mass is 10.3. The minimum Gasteiger partial charge on any atom is -0.462 e. The maximum atomic E-state index is 9.23. The predicted octanol–water partition coefficient (Wildman–Crippen LogP) is 4.85. The van der Waals surface area contributed by atoms with Crippen LogP contribution in [0.25, 0.3) is 16.3 Å². The SMILES string of the molecule is Cc1ccc(C=C(C#N)Sc2nc3ccccc3s2)o1. The van der Waals surface area contributed by atoms with Crippen LogP contribution in [0.4, 0.5) is 0 Å². The number of fused-ring (bicyclic) bond motifs is 1. The average molecular weight is 298 g/mol. The van der Waals surface area contributed by atoms with Crippen molar-refractivity contribution in [1.29, 1.82) is 5.26 Å². The number of thioether (sulfide) groups is 1. The number of aryl methyl sites for hydroxylation is 1. The fourth-order valence-electron chi connectivity index (χ4n) is 1.73. The van der Waals surface area contributed by atoms with Gasteiger partial charge in [-0.15, -0.1) is 11.3 Å². The third kappa shape index (κ3) is 2.77. The molecular formula is C15H10N2OS2. The topological polar surface area (TPSA) is 49.8 Å². The number of furan rings is 1. The molecule has 0 spiro atoms. The van der Waals surface area contributed by atoms with Gasteiger partial charge in [-0.3, -0.25) is 0 Å². The van der Waals surface area contributed by atoms with Crippen LogP contribution in [-0.4, -0.2) is 4.98 Å². The molecule has 3 rings (SSSR count). The molecule has 0 aliphatic rings. The molecule has 3 aromatic rings. The van der Waals surface area contributed by atoms with Gasteiger partial charge in [0.1, 0.15) is 17.6 Å². The minimum absolute atomic E-state index is 0.568. The number of nitrogens with zero attached hydrogens (tertiary/aromatic N) is 2. The van der Waals surface area contributed by atoms with Gasteiger partial charge >= 0.3 is 0 Å². The van der Waals surface area contributed by atoms with Crippen LogP contribution in [0, 0.1) is 18.3 Å². The molecule has 5 heteroatoms. The van der Waals surface area contributed by atoms with Crippen LogP contribution >= 0.6 is 23.1 Å².